The standard InChI is InChI=1S/C16H20N4O6/c21-14(11-19-6-4-16(5-7-19)25-8-9-26-16)17-18-15(22)12-2-1-3-13(10-12)20(23)24/h1-3,10H,4-9,11H2,(H,17,21)(H,18,22). The maximum atomic E-state index is 12.0. The summed E-state index contributed by atoms with van der Waals surface area (Å²) in [6.07, 6.45) is 1.39. The molecule has 3 rings (SSSR count). The molecular weight excluding hydrogens is 344 g/mol. The molecule has 0 unspecified atom stereocenters. The summed E-state index contributed by atoms with van der Waals surface area (Å²) in [6.45, 7) is 2.65. The van der Waals surface area contributed by atoms with Crippen LogP contribution in [0, 0.1) is 10.1 Å². The van der Waals surface area contributed by atoms with Crippen LogP contribution in [0.2, 0.25) is 0 Å². The highest BCUT2D eigenvalue weighted by Crippen LogP contribution is 2.30. The predicted octanol–water partition coefficient (Wildman–Crippen LogP) is 0.195. The van der Waals surface area contributed by atoms with Crippen LogP contribution in [0.4, 0.5) is 5.69 Å². The molecule has 0 saturated carbocycles. The number of benzene rings is 1. The number of piperidine rings is 1. The number of nitro groups is 1. The van der Waals surface area contributed by atoms with Crippen molar-refractivity contribution in [1.29, 1.82) is 0 Å². The average molecular weight is 364 g/mol. The molecule has 2 saturated heterocycles. The van der Waals surface area contributed by atoms with Crippen molar-refractivity contribution in [2.45, 2.75) is 18.6 Å². The van der Waals surface area contributed by atoms with Gasteiger partial charge in [0.2, 0.25) is 0 Å². The Kier molecular flexibility index (Phi) is 5.45. The molecule has 2 aliphatic heterocycles. The number of nitrogens with one attached hydrogen (secondary N) is 2. The Hall–Kier alpha value is -2.56. The third kappa shape index (κ3) is 4.34. The Bertz CT molecular complexity index is 694. The molecule has 10 heteroatoms. The monoisotopic (exact) mass is 364 g/mol. The molecular formula is C16H20N4O6. The summed E-state index contributed by atoms with van der Waals surface area (Å²) in [6, 6.07) is 5.27. The van der Waals surface area contributed by atoms with Crippen molar-refractivity contribution in [1.82, 2.24) is 15.8 Å². The SMILES string of the molecule is O=C(CN1CCC2(CC1)OCCO2)NNC(=O)c1cccc([N+](=O)[O-])c1. The number of nitro benzene ring substituents is 1. The second kappa shape index (κ2) is 7.77. The van der Waals surface area contributed by atoms with Gasteiger partial charge in [0.1, 0.15) is 0 Å². The van der Waals surface area contributed by atoms with Gasteiger partial charge in [0, 0.05) is 43.6 Å². The molecule has 2 fully saturated rings. The van der Waals surface area contributed by atoms with Crippen molar-refractivity contribution in [2.24, 2.45) is 0 Å². The lowest BCUT2D eigenvalue weighted by Crippen LogP contribution is -2.50. The van der Waals surface area contributed by atoms with Gasteiger partial charge < -0.3 is 9.47 Å². The maximum Gasteiger partial charge on any atom is 0.270 e. The molecule has 26 heavy (non-hydrogen) atoms. The van der Waals surface area contributed by atoms with E-state index in [0.717, 1.165) is 6.07 Å². The van der Waals surface area contributed by atoms with Gasteiger partial charge in [-0.1, -0.05) is 6.07 Å². The molecule has 140 valence electrons. The van der Waals surface area contributed by atoms with E-state index in [1.54, 1.807) is 0 Å². The fourth-order valence-electron chi connectivity index (χ4n) is 3.04. The Balaban J connectivity index is 1.43. The van der Waals surface area contributed by atoms with Gasteiger partial charge in [0.05, 0.1) is 24.7 Å². The number of carbonyl (C=O) groups excluding carboxylic acids is 2. The summed E-state index contributed by atoms with van der Waals surface area (Å²) in [5.41, 5.74) is 4.49. The van der Waals surface area contributed by atoms with Crippen LogP contribution in [-0.2, 0) is 14.3 Å². The molecule has 0 atom stereocenters. The van der Waals surface area contributed by atoms with E-state index in [1.807, 2.05) is 4.90 Å². The largest absolute Gasteiger partial charge is 0.347 e. The van der Waals surface area contributed by atoms with Crippen LogP contribution in [0.5, 0.6) is 0 Å². The molecule has 1 aromatic carbocycles. The third-order valence-electron chi connectivity index (χ3n) is 4.43. The number of hydrogen-bond donors (Lipinski definition) is 2. The van der Waals surface area contributed by atoms with Crippen LogP contribution >= 0.6 is 0 Å². The smallest absolute Gasteiger partial charge is 0.270 e. The van der Waals surface area contributed by atoms with Crippen LogP contribution in [0.15, 0.2) is 24.3 Å². The fraction of sp³-hybridized carbons (Fsp3) is 0.500. The second-order valence-electron chi connectivity index (χ2n) is 6.19. The Morgan fingerprint density at radius 3 is 2.54 bits per heavy atom. The number of rotatable bonds is 4. The summed E-state index contributed by atoms with van der Waals surface area (Å²) in [7, 11) is 0. The number of likely N-dealkylation sites (tertiary alicyclic amines) is 1. The van der Waals surface area contributed by atoms with Crippen molar-refractivity contribution >= 4 is 17.5 Å². The molecule has 10 nitrogen and oxygen atoms in total. The van der Waals surface area contributed by atoms with Crippen molar-refractivity contribution in [3.8, 4) is 0 Å². The van der Waals surface area contributed by atoms with Gasteiger partial charge in [-0.2, -0.15) is 0 Å². The molecule has 2 aliphatic rings. The van der Waals surface area contributed by atoms with Crippen LogP contribution in [0.1, 0.15) is 23.2 Å². The third-order valence-corrected chi connectivity index (χ3v) is 4.43. The highest BCUT2D eigenvalue weighted by Gasteiger charge is 2.39. The summed E-state index contributed by atoms with van der Waals surface area (Å²) < 4.78 is 11.3. The highest BCUT2D eigenvalue weighted by molar-refractivity contribution is 5.96. The van der Waals surface area contributed by atoms with Crippen molar-refractivity contribution in [3.05, 3.63) is 39.9 Å². The predicted molar refractivity (Wildman–Crippen MR) is 89.0 cm³/mol. The normalized spacial score (nSPS) is 19.2. The first-order valence-electron chi connectivity index (χ1n) is 8.31. The Morgan fingerprint density at radius 2 is 1.88 bits per heavy atom. The summed E-state index contributed by atoms with van der Waals surface area (Å²) in [5.74, 6) is -1.48. The van der Waals surface area contributed by atoms with E-state index in [9.17, 15) is 19.7 Å². The molecule has 0 aliphatic carbocycles. The van der Waals surface area contributed by atoms with Gasteiger partial charge in [0.25, 0.3) is 17.5 Å². The van der Waals surface area contributed by atoms with Gasteiger partial charge in [-0.15, -0.1) is 0 Å². The first-order valence-corrected chi connectivity index (χ1v) is 8.31. The lowest BCUT2D eigenvalue weighted by atomic mass is 10.0. The van der Waals surface area contributed by atoms with E-state index >= 15 is 0 Å². The minimum Gasteiger partial charge on any atom is -0.347 e. The zero-order chi connectivity index (χ0) is 18.6. The summed E-state index contributed by atoms with van der Waals surface area (Å²) >= 11 is 0. The van der Waals surface area contributed by atoms with Gasteiger partial charge >= 0.3 is 0 Å². The number of hydrazine groups is 1. The van der Waals surface area contributed by atoms with Crippen LogP contribution < -0.4 is 10.9 Å². The molecule has 2 heterocycles. The number of ether oxygens (including phenoxy) is 2. The van der Waals surface area contributed by atoms with Crippen molar-refractivity contribution in [2.75, 3.05) is 32.8 Å². The zero-order valence-corrected chi connectivity index (χ0v) is 14.1. The van der Waals surface area contributed by atoms with E-state index in [0.29, 0.717) is 39.1 Å². The average Bonchev–Trinajstić information content (AvgIpc) is 3.10. The Labute approximate surface area is 149 Å². The summed E-state index contributed by atoms with van der Waals surface area (Å²) in [4.78, 5) is 36.1. The van der Waals surface area contributed by atoms with E-state index in [1.165, 1.54) is 18.2 Å². The van der Waals surface area contributed by atoms with Crippen molar-refractivity contribution in [3.63, 3.8) is 0 Å². The number of non-ortho nitro benzene ring substituents is 1. The highest BCUT2D eigenvalue weighted by atomic mass is 16.7. The molecule has 1 aromatic rings. The van der Waals surface area contributed by atoms with E-state index in [-0.39, 0.29) is 23.7 Å². The number of hydrogen-bond acceptors (Lipinski definition) is 7. The van der Waals surface area contributed by atoms with E-state index < -0.39 is 16.6 Å². The first-order chi connectivity index (χ1) is 12.5. The van der Waals surface area contributed by atoms with Crippen molar-refractivity contribution < 1.29 is 24.0 Å². The van der Waals surface area contributed by atoms with Gasteiger partial charge in [0.15, 0.2) is 5.79 Å². The van der Waals surface area contributed by atoms with Crippen LogP contribution in [0.3, 0.4) is 0 Å². The Morgan fingerprint density at radius 1 is 1.19 bits per heavy atom. The number of carbonyl (C=O) groups is 2. The molecule has 0 radical (unpaired) electrons. The lowest BCUT2D eigenvalue weighted by Gasteiger charge is -2.37. The quantitative estimate of drug-likeness (QED) is 0.578. The van der Waals surface area contributed by atoms with Crippen LogP contribution in [0.25, 0.3) is 0 Å². The van der Waals surface area contributed by atoms with Gasteiger partial charge in [-0.3, -0.25) is 35.5 Å². The molecule has 2 N–H and O–H groups in total. The zero-order valence-electron chi connectivity index (χ0n) is 14.1. The minimum atomic E-state index is -0.618. The van der Waals surface area contributed by atoms with Crippen LogP contribution in [-0.4, -0.2) is 60.3 Å². The molecule has 2 amide bonds. The fourth-order valence-corrected chi connectivity index (χ4v) is 3.04. The number of nitrogens with zero attached hydrogens (tertiary/aromatic N) is 2. The second-order valence-corrected chi connectivity index (χ2v) is 6.19. The lowest BCUT2D eigenvalue weighted by molar-refractivity contribution is -0.384. The minimum absolute atomic E-state index is 0.0925. The molecule has 0 aromatic heterocycles. The first kappa shape index (κ1) is 18.2. The molecule has 0 bridgehead atoms. The summed E-state index contributed by atoms with van der Waals surface area (Å²) in [5, 5.41) is 10.7. The van der Waals surface area contributed by atoms with Gasteiger partial charge in [-0.05, 0) is 6.07 Å². The van der Waals surface area contributed by atoms with E-state index in [4.69, 9.17) is 9.47 Å². The molecule has 1 spiro atoms. The van der Waals surface area contributed by atoms with E-state index in [2.05, 4.69) is 10.9 Å². The number of amides is 2. The topological polar surface area (TPSA) is 123 Å². The maximum absolute atomic E-state index is 12.0. The van der Waals surface area contributed by atoms with Gasteiger partial charge in [-0.25, -0.2) is 0 Å².